The summed E-state index contributed by atoms with van der Waals surface area (Å²) in [6, 6.07) is 5.36. The number of aromatic nitrogens is 7. The Balaban J connectivity index is 1.52. The van der Waals surface area contributed by atoms with E-state index in [1.807, 2.05) is 33.7 Å². The van der Waals surface area contributed by atoms with E-state index >= 15 is 0 Å². The highest BCUT2D eigenvalue weighted by atomic mass is 35.5. The van der Waals surface area contributed by atoms with Gasteiger partial charge >= 0.3 is 0 Å². The van der Waals surface area contributed by atoms with Crippen LogP contribution in [0, 0.1) is 0 Å². The molecule has 2 aliphatic rings. The molecule has 1 aromatic carbocycles. The molecule has 0 saturated carbocycles. The van der Waals surface area contributed by atoms with Gasteiger partial charge in [0, 0.05) is 34.5 Å². The third kappa shape index (κ3) is 2.64. The van der Waals surface area contributed by atoms with Crippen molar-refractivity contribution in [3.05, 3.63) is 59.0 Å². The third-order valence-electron chi connectivity index (χ3n) is 6.27. The summed E-state index contributed by atoms with van der Waals surface area (Å²) >= 11 is 12.4. The number of anilines is 1. The van der Waals surface area contributed by atoms with Crippen molar-refractivity contribution in [2.75, 3.05) is 11.4 Å². The van der Waals surface area contributed by atoms with Crippen LogP contribution in [0.4, 0.5) is 5.82 Å². The standard InChI is InChI=1S/C21H18Cl2N8/c1-2-21-4-3-6-31(21)18-16(30-12-26-28-19(21)30)11-25-20(27-18)29-7-5-24-17(29)13-8-14(22)10-15(23)9-13/h5,7-12H,2-4,6H2,1H3. The summed E-state index contributed by atoms with van der Waals surface area (Å²) in [6.45, 7) is 3.12. The molecule has 156 valence electrons. The van der Waals surface area contributed by atoms with Crippen molar-refractivity contribution in [3.8, 4) is 23.0 Å². The van der Waals surface area contributed by atoms with Crippen LogP contribution in [0.1, 0.15) is 32.0 Å². The first-order valence-corrected chi connectivity index (χ1v) is 10.9. The molecule has 3 aromatic heterocycles. The van der Waals surface area contributed by atoms with Gasteiger partial charge < -0.3 is 4.90 Å². The average molecular weight is 453 g/mol. The molecule has 0 bridgehead atoms. The molecule has 1 saturated heterocycles. The van der Waals surface area contributed by atoms with Gasteiger partial charge in [-0.1, -0.05) is 30.1 Å². The molecule has 8 nitrogen and oxygen atoms in total. The SMILES string of the molecule is CCC12CCCN1c1nc(-n3ccnc3-c3cc(Cl)cc(Cl)c3)ncc1-n1cnnc12. The van der Waals surface area contributed by atoms with Crippen LogP contribution >= 0.6 is 23.2 Å². The first-order chi connectivity index (χ1) is 15.1. The van der Waals surface area contributed by atoms with Crippen molar-refractivity contribution in [3.63, 3.8) is 0 Å². The van der Waals surface area contributed by atoms with E-state index in [-0.39, 0.29) is 5.54 Å². The zero-order chi connectivity index (χ0) is 21.2. The Morgan fingerprint density at radius 2 is 1.94 bits per heavy atom. The Labute approximate surface area is 188 Å². The lowest BCUT2D eigenvalue weighted by Gasteiger charge is -2.42. The number of hydrogen-bond acceptors (Lipinski definition) is 6. The van der Waals surface area contributed by atoms with Crippen LogP contribution in [0.2, 0.25) is 10.0 Å². The molecule has 0 radical (unpaired) electrons. The summed E-state index contributed by atoms with van der Waals surface area (Å²) in [5.74, 6) is 3.07. The van der Waals surface area contributed by atoms with Gasteiger partial charge in [0.05, 0.1) is 6.20 Å². The molecule has 5 heterocycles. The van der Waals surface area contributed by atoms with Gasteiger partial charge in [-0.15, -0.1) is 10.2 Å². The molecule has 1 unspecified atom stereocenters. The Kier molecular flexibility index (Phi) is 4.10. The number of fused-ring (bicyclic) bond motifs is 6. The molecule has 0 aliphatic carbocycles. The fourth-order valence-corrected chi connectivity index (χ4v) is 5.40. The Bertz CT molecular complexity index is 1290. The second kappa shape index (κ2) is 6.77. The highest BCUT2D eigenvalue weighted by Crippen LogP contribution is 2.48. The number of benzene rings is 1. The summed E-state index contributed by atoms with van der Waals surface area (Å²) in [4.78, 5) is 16.5. The minimum Gasteiger partial charge on any atom is -0.342 e. The van der Waals surface area contributed by atoms with Crippen molar-refractivity contribution in [2.24, 2.45) is 0 Å². The van der Waals surface area contributed by atoms with Gasteiger partial charge in [0.25, 0.3) is 0 Å². The molecule has 0 N–H and O–H groups in total. The zero-order valence-corrected chi connectivity index (χ0v) is 18.2. The zero-order valence-electron chi connectivity index (χ0n) is 16.7. The average Bonchev–Trinajstić information content (AvgIpc) is 3.51. The maximum absolute atomic E-state index is 6.22. The molecule has 1 fully saturated rings. The summed E-state index contributed by atoms with van der Waals surface area (Å²) in [5, 5.41) is 9.75. The summed E-state index contributed by atoms with van der Waals surface area (Å²) < 4.78 is 3.88. The highest BCUT2D eigenvalue weighted by molar-refractivity contribution is 6.35. The van der Waals surface area contributed by atoms with Crippen LogP contribution in [-0.4, -0.2) is 40.8 Å². The van der Waals surface area contributed by atoms with Crippen LogP contribution in [-0.2, 0) is 5.54 Å². The van der Waals surface area contributed by atoms with Crippen LogP contribution in [0.25, 0.3) is 23.0 Å². The van der Waals surface area contributed by atoms with Gasteiger partial charge in [-0.2, -0.15) is 4.98 Å². The first-order valence-electron chi connectivity index (χ1n) is 10.2. The predicted molar refractivity (Wildman–Crippen MR) is 118 cm³/mol. The summed E-state index contributed by atoms with van der Waals surface area (Å²) in [7, 11) is 0. The highest BCUT2D eigenvalue weighted by Gasteiger charge is 2.49. The number of imidazole rings is 1. The normalized spacial score (nSPS) is 19.3. The van der Waals surface area contributed by atoms with E-state index in [1.165, 1.54) is 0 Å². The van der Waals surface area contributed by atoms with Crippen molar-refractivity contribution < 1.29 is 0 Å². The lowest BCUT2D eigenvalue weighted by Crippen LogP contribution is -2.46. The second-order valence-electron chi connectivity index (χ2n) is 7.82. The third-order valence-corrected chi connectivity index (χ3v) is 6.70. The largest absolute Gasteiger partial charge is 0.342 e. The topological polar surface area (TPSA) is 77.5 Å². The molecule has 2 aliphatic heterocycles. The number of nitrogens with zero attached hydrogens (tertiary/aromatic N) is 8. The van der Waals surface area contributed by atoms with Crippen molar-refractivity contribution in [2.45, 2.75) is 31.7 Å². The van der Waals surface area contributed by atoms with Crippen LogP contribution in [0.5, 0.6) is 0 Å². The van der Waals surface area contributed by atoms with Crippen molar-refractivity contribution >= 4 is 29.0 Å². The molecule has 10 heteroatoms. The molecule has 0 spiro atoms. The minimum absolute atomic E-state index is 0.187. The monoisotopic (exact) mass is 452 g/mol. The molecule has 1 atom stereocenters. The maximum atomic E-state index is 6.22. The molecule has 6 rings (SSSR count). The fourth-order valence-electron chi connectivity index (χ4n) is 4.88. The van der Waals surface area contributed by atoms with Gasteiger partial charge in [0.15, 0.2) is 11.6 Å². The first kappa shape index (κ1) is 18.8. The lowest BCUT2D eigenvalue weighted by atomic mass is 9.90. The van der Waals surface area contributed by atoms with E-state index in [0.29, 0.717) is 21.8 Å². The summed E-state index contributed by atoms with van der Waals surface area (Å²) in [5.41, 5.74) is 1.50. The number of rotatable bonds is 3. The van der Waals surface area contributed by atoms with E-state index in [0.717, 1.165) is 48.7 Å². The van der Waals surface area contributed by atoms with E-state index in [9.17, 15) is 0 Å². The molecule has 0 amide bonds. The van der Waals surface area contributed by atoms with Crippen LogP contribution in [0.15, 0.2) is 43.1 Å². The molecular formula is C21H18Cl2N8. The number of halogens is 2. The maximum Gasteiger partial charge on any atom is 0.237 e. The molecule has 4 aromatic rings. The van der Waals surface area contributed by atoms with Gasteiger partial charge in [-0.25, -0.2) is 9.97 Å². The quantitative estimate of drug-likeness (QED) is 0.457. The van der Waals surface area contributed by atoms with Gasteiger partial charge in [0.2, 0.25) is 5.95 Å². The van der Waals surface area contributed by atoms with Crippen molar-refractivity contribution in [1.82, 2.24) is 34.3 Å². The molecular weight excluding hydrogens is 435 g/mol. The van der Waals surface area contributed by atoms with Gasteiger partial charge in [0.1, 0.15) is 23.4 Å². The van der Waals surface area contributed by atoms with Crippen LogP contribution in [0.3, 0.4) is 0 Å². The van der Waals surface area contributed by atoms with Crippen molar-refractivity contribution in [1.29, 1.82) is 0 Å². The lowest BCUT2D eigenvalue weighted by molar-refractivity contribution is 0.382. The predicted octanol–water partition coefficient (Wildman–Crippen LogP) is 4.44. The second-order valence-corrected chi connectivity index (χ2v) is 8.70. The van der Waals surface area contributed by atoms with Crippen LogP contribution < -0.4 is 4.90 Å². The fraction of sp³-hybridized carbons (Fsp3) is 0.286. The minimum atomic E-state index is -0.187. The summed E-state index contributed by atoms with van der Waals surface area (Å²) in [6.07, 6.45) is 10.2. The Morgan fingerprint density at radius 3 is 2.74 bits per heavy atom. The van der Waals surface area contributed by atoms with E-state index in [4.69, 9.17) is 28.2 Å². The van der Waals surface area contributed by atoms with E-state index in [1.54, 1.807) is 18.6 Å². The molecule has 31 heavy (non-hydrogen) atoms. The van der Waals surface area contributed by atoms with E-state index < -0.39 is 0 Å². The Hall–Kier alpha value is -2.97. The van der Waals surface area contributed by atoms with Gasteiger partial charge in [-0.05, 0) is 37.5 Å². The van der Waals surface area contributed by atoms with Gasteiger partial charge in [-0.3, -0.25) is 9.13 Å². The van der Waals surface area contributed by atoms with E-state index in [2.05, 4.69) is 32.0 Å². The smallest absolute Gasteiger partial charge is 0.237 e. The number of hydrogen-bond donors (Lipinski definition) is 0. The Morgan fingerprint density at radius 1 is 1.10 bits per heavy atom.